The summed E-state index contributed by atoms with van der Waals surface area (Å²) in [7, 11) is 0. The summed E-state index contributed by atoms with van der Waals surface area (Å²) in [5, 5.41) is 0. The SMILES string of the molecule is CC1(C)CC(=O)c2ccc(OCC3C=CC=CC3)nc2C1. The van der Waals surface area contributed by atoms with Gasteiger partial charge in [0, 0.05) is 24.0 Å². The van der Waals surface area contributed by atoms with E-state index in [0.29, 0.717) is 24.8 Å². The molecule has 0 saturated carbocycles. The Kier molecular flexibility index (Phi) is 3.66. The molecule has 110 valence electrons. The molecule has 3 heteroatoms. The van der Waals surface area contributed by atoms with Gasteiger partial charge in [0.2, 0.25) is 5.88 Å². The van der Waals surface area contributed by atoms with Gasteiger partial charge in [-0.3, -0.25) is 4.79 Å². The number of nitrogens with zero attached hydrogens (tertiary/aromatic N) is 1. The fourth-order valence-corrected chi connectivity index (χ4v) is 2.94. The van der Waals surface area contributed by atoms with E-state index < -0.39 is 0 Å². The third-order valence-corrected chi connectivity index (χ3v) is 4.05. The predicted molar refractivity (Wildman–Crippen MR) is 82.6 cm³/mol. The quantitative estimate of drug-likeness (QED) is 0.848. The Hall–Kier alpha value is -1.90. The molecule has 0 radical (unpaired) electrons. The predicted octanol–water partition coefficient (Wildman–Crippen LogP) is 3.75. The lowest BCUT2D eigenvalue weighted by Gasteiger charge is -2.29. The lowest BCUT2D eigenvalue weighted by Crippen LogP contribution is -2.28. The average molecular weight is 283 g/mol. The van der Waals surface area contributed by atoms with Crippen molar-refractivity contribution >= 4 is 5.78 Å². The number of hydrogen-bond acceptors (Lipinski definition) is 3. The number of ketones is 1. The first kappa shape index (κ1) is 14.1. The minimum atomic E-state index is -0.00733. The van der Waals surface area contributed by atoms with Gasteiger partial charge in [-0.25, -0.2) is 4.98 Å². The second-order valence-electron chi connectivity index (χ2n) is 6.70. The van der Waals surface area contributed by atoms with Crippen molar-refractivity contribution < 1.29 is 9.53 Å². The molecule has 3 nitrogen and oxygen atoms in total. The number of carbonyl (C=O) groups is 1. The molecule has 1 heterocycles. The summed E-state index contributed by atoms with van der Waals surface area (Å²) in [6, 6.07) is 3.68. The van der Waals surface area contributed by atoms with Crippen molar-refractivity contribution in [1.82, 2.24) is 4.98 Å². The molecule has 0 saturated heterocycles. The van der Waals surface area contributed by atoms with Crippen molar-refractivity contribution in [3.05, 3.63) is 47.7 Å². The molecule has 2 aliphatic carbocycles. The number of aromatic nitrogens is 1. The molecule has 1 aromatic heterocycles. The van der Waals surface area contributed by atoms with E-state index in [4.69, 9.17) is 4.74 Å². The summed E-state index contributed by atoms with van der Waals surface area (Å²) in [6.45, 7) is 4.86. The first-order chi connectivity index (χ1) is 10.0. The lowest BCUT2D eigenvalue weighted by molar-refractivity contribution is 0.0909. The van der Waals surface area contributed by atoms with E-state index >= 15 is 0 Å². The van der Waals surface area contributed by atoms with Crippen LogP contribution in [0, 0.1) is 11.3 Å². The first-order valence-electron chi connectivity index (χ1n) is 7.53. The number of carbonyl (C=O) groups excluding carboxylic acids is 1. The van der Waals surface area contributed by atoms with Gasteiger partial charge in [-0.15, -0.1) is 0 Å². The van der Waals surface area contributed by atoms with Crippen LogP contribution >= 0.6 is 0 Å². The van der Waals surface area contributed by atoms with Crippen LogP contribution in [0.5, 0.6) is 5.88 Å². The first-order valence-corrected chi connectivity index (χ1v) is 7.53. The Balaban J connectivity index is 1.72. The third-order valence-electron chi connectivity index (χ3n) is 4.05. The van der Waals surface area contributed by atoms with Gasteiger partial charge >= 0.3 is 0 Å². The number of rotatable bonds is 3. The maximum Gasteiger partial charge on any atom is 0.213 e. The van der Waals surface area contributed by atoms with Gasteiger partial charge in [-0.1, -0.05) is 38.2 Å². The molecule has 0 bridgehead atoms. The van der Waals surface area contributed by atoms with Crippen molar-refractivity contribution in [1.29, 1.82) is 0 Å². The molecule has 1 unspecified atom stereocenters. The highest BCUT2D eigenvalue weighted by Crippen LogP contribution is 2.34. The van der Waals surface area contributed by atoms with Gasteiger partial charge in [0.25, 0.3) is 0 Å². The van der Waals surface area contributed by atoms with Gasteiger partial charge in [0.15, 0.2) is 5.78 Å². The minimum Gasteiger partial charge on any atom is -0.477 e. The summed E-state index contributed by atoms with van der Waals surface area (Å²) >= 11 is 0. The largest absolute Gasteiger partial charge is 0.477 e. The number of hydrogen-bond donors (Lipinski definition) is 0. The Bertz CT molecular complexity index is 614. The van der Waals surface area contributed by atoms with Gasteiger partial charge in [-0.2, -0.15) is 0 Å². The van der Waals surface area contributed by atoms with Crippen LogP contribution in [0.1, 0.15) is 42.7 Å². The molecule has 21 heavy (non-hydrogen) atoms. The van der Waals surface area contributed by atoms with Crippen LogP contribution in [0.3, 0.4) is 0 Å². The standard InChI is InChI=1S/C18H21NO2/c1-18(2)10-15-14(16(20)11-18)8-9-17(19-15)21-12-13-6-4-3-5-7-13/h3-6,8-9,13H,7,10-12H2,1-2H3. The molecule has 0 aliphatic heterocycles. The van der Waals surface area contributed by atoms with E-state index in [0.717, 1.165) is 24.1 Å². The van der Waals surface area contributed by atoms with E-state index in [1.807, 2.05) is 12.1 Å². The molecule has 3 rings (SSSR count). The number of pyridine rings is 1. The van der Waals surface area contributed by atoms with Crippen LogP contribution in [-0.4, -0.2) is 17.4 Å². The number of allylic oxidation sites excluding steroid dienone is 3. The normalized spacial score (nSPS) is 23.0. The van der Waals surface area contributed by atoms with E-state index in [1.54, 1.807) is 0 Å². The Labute approximate surface area is 125 Å². The number of Topliss-reactive ketones (excluding diaryl/α,β-unsaturated/α-hetero) is 1. The molecule has 2 aliphatic rings. The Morgan fingerprint density at radius 1 is 1.29 bits per heavy atom. The highest BCUT2D eigenvalue weighted by Gasteiger charge is 2.32. The van der Waals surface area contributed by atoms with E-state index in [9.17, 15) is 4.79 Å². The summed E-state index contributed by atoms with van der Waals surface area (Å²) in [6.07, 6.45) is 10.9. The van der Waals surface area contributed by atoms with Crippen molar-refractivity contribution in [2.75, 3.05) is 6.61 Å². The highest BCUT2D eigenvalue weighted by molar-refractivity contribution is 5.98. The van der Waals surface area contributed by atoms with Crippen LogP contribution in [0.15, 0.2) is 36.4 Å². The topological polar surface area (TPSA) is 39.2 Å². The monoisotopic (exact) mass is 283 g/mol. The molecule has 0 amide bonds. The highest BCUT2D eigenvalue weighted by atomic mass is 16.5. The van der Waals surface area contributed by atoms with Gasteiger partial charge in [-0.05, 0) is 24.3 Å². The molecule has 1 aromatic rings. The van der Waals surface area contributed by atoms with Crippen LogP contribution in [0.4, 0.5) is 0 Å². The zero-order valence-electron chi connectivity index (χ0n) is 12.6. The maximum absolute atomic E-state index is 12.1. The summed E-state index contributed by atoms with van der Waals surface area (Å²) in [5.41, 5.74) is 1.64. The molecule has 0 aromatic carbocycles. The lowest BCUT2D eigenvalue weighted by atomic mass is 9.76. The van der Waals surface area contributed by atoms with Gasteiger partial charge in [0.1, 0.15) is 0 Å². The Morgan fingerprint density at radius 2 is 2.14 bits per heavy atom. The number of ether oxygens (including phenoxy) is 1. The van der Waals surface area contributed by atoms with Crippen LogP contribution in [-0.2, 0) is 6.42 Å². The smallest absolute Gasteiger partial charge is 0.213 e. The fraction of sp³-hybridized carbons (Fsp3) is 0.444. The zero-order valence-corrected chi connectivity index (χ0v) is 12.6. The van der Waals surface area contributed by atoms with Crippen molar-refractivity contribution in [2.45, 2.75) is 33.1 Å². The molecule has 0 spiro atoms. The van der Waals surface area contributed by atoms with Gasteiger partial charge in [0.05, 0.1) is 12.3 Å². The van der Waals surface area contributed by atoms with Crippen molar-refractivity contribution in [3.8, 4) is 5.88 Å². The van der Waals surface area contributed by atoms with Gasteiger partial charge < -0.3 is 4.74 Å². The zero-order chi connectivity index (χ0) is 14.9. The summed E-state index contributed by atoms with van der Waals surface area (Å²) in [4.78, 5) is 16.7. The second-order valence-corrected chi connectivity index (χ2v) is 6.70. The summed E-state index contributed by atoms with van der Waals surface area (Å²) < 4.78 is 5.81. The van der Waals surface area contributed by atoms with Crippen LogP contribution in [0.2, 0.25) is 0 Å². The molecule has 0 N–H and O–H groups in total. The van der Waals surface area contributed by atoms with E-state index in [-0.39, 0.29) is 11.2 Å². The molecule has 1 atom stereocenters. The fourth-order valence-electron chi connectivity index (χ4n) is 2.94. The van der Waals surface area contributed by atoms with Crippen molar-refractivity contribution in [2.24, 2.45) is 11.3 Å². The van der Waals surface area contributed by atoms with Crippen molar-refractivity contribution in [3.63, 3.8) is 0 Å². The van der Waals surface area contributed by atoms with E-state index in [2.05, 4.69) is 43.1 Å². The molecule has 0 fully saturated rings. The third kappa shape index (κ3) is 3.23. The molecular formula is C18H21NO2. The molecular weight excluding hydrogens is 262 g/mol. The maximum atomic E-state index is 12.1. The van der Waals surface area contributed by atoms with Crippen LogP contribution in [0.25, 0.3) is 0 Å². The number of fused-ring (bicyclic) bond motifs is 1. The van der Waals surface area contributed by atoms with Crippen LogP contribution < -0.4 is 4.74 Å². The minimum absolute atomic E-state index is 0.00733. The van der Waals surface area contributed by atoms with E-state index in [1.165, 1.54) is 0 Å². The average Bonchev–Trinajstić information content (AvgIpc) is 2.44. The summed E-state index contributed by atoms with van der Waals surface area (Å²) in [5.74, 6) is 1.23. The Morgan fingerprint density at radius 3 is 2.90 bits per heavy atom. The second kappa shape index (κ2) is 5.47.